The van der Waals surface area contributed by atoms with Crippen molar-refractivity contribution in [3.8, 4) is 0 Å². The first-order chi connectivity index (χ1) is 7.06. The van der Waals surface area contributed by atoms with E-state index < -0.39 is 0 Å². The molecule has 15 heavy (non-hydrogen) atoms. The Morgan fingerprint density at radius 3 is 2.07 bits per heavy atom. The van der Waals surface area contributed by atoms with Gasteiger partial charge in [-0.2, -0.15) is 0 Å². The smallest absolute Gasteiger partial charge is 0.189 e. The fraction of sp³-hybridized carbons (Fsp3) is 0.167. The van der Waals surface area contributed by atoms with E-state index in [1.54, 1.807) is 24.3 Å². The maximum absolute atomic E-state index is 11.7. The Labute approximate surface area is 103 Å². The van der Waals surface area contributed by atoms with Gasteiger partial charge in [0.25, 0.3) is 0 Å². The summed E-state index contributed by atoms with van der Waals surface area (Å²) in [6, 6.07) is 6.65. The summed E-state index contributed by atoms with van der Waals surface area (Å²) >= 11 is 2.10. The molecule has 78 valence electrons. The lowest BCUT2D eigenvalue weighted by Gasteiger charge is -2.02. The van der Waals surface area contributed by atoms with Crippen LogP contribution in [0.5, 0.6) is 0 Å². The maximum atomic E-state index is 11.7. The minimum Gasteiger partial charge on any atom is -0.295 e. The van der Waals surface area contributed by atoms with Gasteiger partial charge in [0.2, 0.25) is 0 Å². The number of carbonyl (C=O) groups excluding carboxylic acids is 2. The van der Waals surface area contributed by atoms with Crippen molar-refractivity contribution < 1.29 is 9.59 Å². The van der Waals surface area contributed by atoms with Crippen LogP contribution in [0.25, 0.3) is 0 Å². The van der Waals surface area contributed by atoms with E-state index in [1.807, 2.05) is 0 Å². The van der Waals surface area contributed by atoms with Crippen LogP contribution in [0, 0.1) is 0 Å². The number of ketones is 2. The van der Waals surface area contributed by atoms with Crippen LogP contribution in [0.15, 0.2) is 36.4 Å². The van der Waals surface area contributed by atoms with Crippen molar-refractivity contribution in [3.05, 3.63) is 47.5 Å². The Balaban J connectivity index is 2.94. The molecular formula is C12H11IO2. The molecule has 0 radical (unpaired) electrons. The van der Waals surface area contributed by atoms with Crippen molar-refractivity contribution in [1.82, 2.24) is 0 Å². The minimum absolute atomic E-state index is 0.00159. The van der Waals surface area contributed by atoms with Crippen molar-refractivity contribution in [1.29, 1.82) is 0 Å². The Morgan fingerprint density at radius 2 is 1.67 bits per heavy atom. The summed E-state index contributed by atoms with van der Waals surface area (Å²) < 4.78 is 0.616. The lowest BCUT2D eigenvalue weighted by Crippen LogP contribution is -2.03. The molecule has 2 nitrogen and oxygen atoms in total. The zero-order valence-electron chi connectivity index (χ0n) is 8.42. The predicted octanol–water partition coefficient (Wildman–Crippen LogP) is 3.06. The van der Waals surface area contributed by atoms with Crippen LogP contribution in [0.1, 0.15) is 27.6 Å². The highest BCUT2D eigenvalue weighted by Gasteiger charge is 2.09. The van der Waals surface area contributed by atoms with Gasteiger partial charge in [0, 0.05) is 21.1 Å². The molecule has 0 aromatic heterocycles. The van der Waals surface area contributed by atoms with E-state index in [0.717, 1.165) is 0 Å². The number of alkyl halides is 1. The highest BCUT2D eigenvalue weighted by molar-refractivity contribution is 14.1. The van der Waals surface area contributed by atoms with E-state index in [4.69, 9.17) is 0 Å². The first-order valence-electron chi connectivity index (χ1n) is 4.45. The van der Waals surface area contributed by atoms with Crippen LogP contribution < -0.4 is 0 Å². The number of Topliss-reactive ketones (excluding diaryl/α,β-unsaturated/α-hetero) is 2. The number of allylic oxidation sites excluding steroid dienone is 1. The zero-order chi connectivity index (χ0) is 11.4. The molecule has 3 heteroatoms. The normalized spacial score (nSPS) is 9.73. The first kappa shape index (κ1) is 12.1. The second-order valence-corrected chi connectivity index (χ2v) is 3.96. The van der Waals surface area contributed by atoms with Crippen LogP contribution in [-0.2, 0) is 0 Å². The summed E-state index contributed by atoms with van der Waals surface area (Å²) in [4.78, 5) is 22.7. The average molecular weight is 314 g/mol. The molecular weight excluding hydrogens is 303 g/mol. The molecule has 0 fully saturated rings. The molecule has 0 amide bonds. The quantitative estimate of drug-likeness (QED) is 0.370. The standard InChI is InChI=1S/C12H11IO2/c1-8(7-13)12(15)11-5-3-10(4-6-11)9(2)14/h3-6H,1,7H2,2H3. The van der Waals surface area contributed by atoms with Gasteiger partial charge in [-0.3, -0.25) is 9.59 Å². The van der Waals surface area contributed by atoms with E-state index in [-0.39, 0.29) is 11.6 Å². The molecule has 1 aromatic carbocycles. The van der Waals surface area contributed by atoms with Gasteiger partial charge in [-0.05, 0) is 6.92 Å². The first-order valence-corrected chi connectivity index (χ1v) is 5.98. The van der Waals surface area contributed by atoms with Gasteiger partial charge in [-0.1, -0.05) is 53.4 Å². The summed E-state index contributed by atoms with van der Waals surface area (Å²) in [6.45, 7) is 5.18. The monoisotopic (exact) mass is 314 g/mol. The van der Waals surface area contributed by atoms with Crippen molar-refractivity contribution in [2.75, 3.05) is 4.43 Å². The number of benzene rings is 1. The number of carbonyl (C=O) groups is 2. The largest absolute Gasteiger partial charge is 0.295 e. The molecule has 0 aliphatic carbocycles. The van der Waals surface area contributed by atoms with E-state index >= 15 is 0 Å². The Hall–Kier alpha value is -0.970. The third-order valence-electron chi connectivity index (χ3n) is 2.04. The van der Waals surface area contributed by atoms with Gasteiger partial charge in [0.1, 0.15) is 0 Å². The topological polar surface area (TPSA) is 34.1 Å². The van der Waals surface area contributed by atoms with Crippen molar-refractivity contribution in [3.63, 3.8) is 0 Å². The lowest BCUT2D eigenvalue weighted by molar-refractivity contribution is 0.101. The third kappa shape index (κ3) is 2.99. The van der Waals surface area contributed by atoms with Crippen molar-refractivity contribution >= 4 is 34.2 Å². The second-order valence-electron chi connectivity index (χ2n) is 3.20. The van der Waals surface area contributed by atoms with Crippen LogP contribution >= 0.6 is 22.6 Å². The van der Waals surface area contributed by atoms with Crippen LogP contribution in [0.2, 0.25) is 0 Å². The van der Waals surface area contributed by atoms with E-state index in [9.17, 15) is 9.59 Å². The predicted molar refractivity (Wildman–Crippen MR) is 68.8 cm³/mol. The molecule has 0 aliphatic heterocycles. The molecule has 0 saturated carbocycles. The number of halogens is 1. The SMILES string of the molecule is C=C(CI)C(=O)c1ccc(C(C)=O)cc1. The molecule has 0 bridgehead atoms. The van der Waals surface area contributed by atoms with Crippen LogP contribution in [0.3, 0.4) is 0 Å². The zero-order valence-corrected chi connectivity index (χ0v) is 10.6. The van der Waals surface area contributed by atoms with Gasteiger partial charge in [0.15, 0.2) is 11.6 Å². The number of hydrogen-bond donors (Lipinski definition) is 0. The van der Waals surface area contributed by atoms with E-state index in [1.165, 1.54) is 6.92 Å². The average Bonchev–Trinajstić information content (AvgIpc) is 2.27. The molecule has 1 rings (SSSR count). The fourth-order valence-electron chi connectivity index (χ4n) is 1.12. The third-order valence-corrected chi connectivity index (χ3v) is 2.96. The highest BCUT2D eigenvalue weighted by atomic mass is 127. The summed E-state index contributed by atoms with van der Waals surface area (Å²) in [7, 11) is 0. The molecule has 0 N–H and O–H groups in total. The minimum atomic E-state index is -0.0560. The Kier molecular flexibility index (Phi) is 4.20. The summed E-state index contributed by atoms with van der Waals surface area (Å²) in [6.07, 6.45) is 0. The highest BCUT2D eigenvalue weighted by Crippen LogP contribution is 2.11. The molecule has 0 spiro atoms. The van der Waals surface area contributed by atoms with Crippen LogP contribution in [-0.4, -0.2) is 16.0 Å². The van der Waals surface area contributed by atoms with Crippen molar-refractivity contribution in [2.24, 2.45) is 0 Å². The lowest BCUT2D eigenvalue weighted by atomic mass is 10.0. The molecule has 1 aromatic rings. The van der Waals surface area contributed by atoms with Gasteiger partial charge in [-0.25, -0.2) is 0 Å². The van der Waals surface area contributed by atoms with Gasteiger partial charge < -0.3 is 0 Å². The fourth-order valence-corrected chi connectivity index (χ4v) is 1.47. The van der Waals surface area contributed by atoms with Gasteiger partial charge in [-0.15, -0.1) is 0 Å². The van der Waals surface area contributed by atoms with Crippen molar-refractivity contribution in [2.45, 2.75) is 6.92 Å². The molecule has 0 atom stereocenters. The van der Waals surface area contributed by atoms with Crippen LogP contribution in [0.4, 0.5) is 0 Å². The van der Waals surface area contributed by atoms with E-state index in [2.05, 4.69) is 29.2 Å². The maximum Gasteiger partial charge on any atom is 0.189 e. The number of rotatable bonds is 4. The summed E-state index contributed by atoms with van der Waals surface area (Å²) in [5, 5.41) is 0. The van der Waals surface area contributed by atoms with E-state index in [0.29, 0.717) is 21.1 Å². The molecule has 0 saturated heterocycles. The molecule has 0 aliphatic rings. The molecule has 0 unspecified atom stereocenters. The van der Waals surface area contributed by atoms with Gasteiger partial charge >= 0.3 is 0 Å². The molecule has 0 heterocycles. The Bertz CT molecular complexity index is 404. The summed E-state index contributed by atoms with van der Waals surface area (Å²) in [5.41, 5.74) is 1.78. The summed E-state index contributed by atoms with van der Waals surface area (Å²) in [5.74, 6) is -0.0544. The number of hydrogen-bond acceptors (Lipinski definition) is 2. The Morgan fingerprint density at radius 1 is 1.20 bits per heavy atom. The second kappa shape index (κ2) is 5.21. The van der Waals surface area contributed by atoms with Gasteiger partial charge in [0.05, 0.1) is 0 Å².